The molecule has 1 aromatic carbocycles. The number of carbonyl (C=O) groups excluding carboxylic acids is 1. The monoisotopic (exact) mass is 187 g/mol. The summed E-state index contributed by atoms with van der Waals surface area (Å²) in [5, 5.41) is 0. The molecule has 14 heavy (non-hydrogen) atoms. The minimum atomic E-state index is -0.236. The largest absolute Gasteiger partial charge is 0.323 e. The maximum atomic E-state index is 11.4. The summed E-state index contributed by atoms with van der Waals surface area (Å²) in [6.07, 6.45) is 2.32. The van der Waals surface area contributed by atoms with E-state index in [9.17, 15) is 9.59 Å². The first-order valence-electron chi connectivity index (χ1n) is 4.36. The number of fused-ring (bicyclic) bond motifs is 2. The van der Waals surface area contributed by atoms with Crippen molar-refractivity contribution in [2.45, 2.75) is 6.42 Å². The van der Waals surface area contributed by atoms with Gasteiger partial charge in [0.15, 0.2) is 5.78 Å². The van der Waals surface area contributed by atoms with Crippen molar-refractivity contribution in [3.8, 4) is 0 Å². The number of carbonyl (C=O) groups is 1. The van der Waals surface area contributed by atoms with Crippen LogP contribution in [0.5, 0.6) is 0 Å². The van der Waals surface area contributed by atoms with Gasteiger partial charge in [0.25, 0.3) is 0 Å². The molecule has 0 fully saturated rings. The van der Waals surface area contributed by atoms with Crippen LogP contribution in [0.15, 0.2) is 16.9 Å². The van der Waals surface area contributed by atoms with Crippen LogP contribution < -0.4 is 5.69 Å². The second kappa shape index (κ2) is 2.35. The van der Waals surface area contributed by atoms with Gasteiger partial charge in [-0.15, -0.1) is 0 Å². The SMILES string of the molecule is O=C1[CH]Cc2cc3[nH]c(=O)[nH]c3cc21. The Labute approximate surface area is 79.0 Å². The van der Waals surface area contributed by atoms with Crippen molar-refractivity contribution >= 4 is 16.8 Å². The van der Waals surface area contributed by atoms with Crippen molar-refractivity contribution in [2.75, 3.05) is 0 Å². The lowest BCUT2D eigenvalue weighted by molar-refractivity contribution is 0.103. The van der Waals surface area contributed by atoms with Crippen molar-refractivity contribution in [1.29, 1.82) is 0 Å². The van der Waals surface area contributed by atoms with Crippen LogP contribution in [0, 0.1) is 6.42 Å². The molecule has 0 atom stereocenters. The number of aromatic amines is 2. The predicted molar refractivity (Wildman–Crippen MR) is 51.3 cm³/mol. The standard InChI is InChI=1S/C10H7N2O2/c13-9-2-1-5-3-7-8(4-6(5)9)12-10(14)11-7/h2-4H,1H2,(H2,11,12,14). The number of benzene rings is 1. The summed E-state index contributed by atoms with van der Waals surface area (Å²) in [7, 11) is 0. The van der Waals surface area contributed by atoms with E-state index < -0.39 is 0 Å². The summed E-state index contributed by atoms with van der Waals surface area (Å²) >= 11 is 0. The van der Waals surface area contributed by atoms with Crippen LogP contribution in [-0.2, 0) is 6.42 Å². The fourth-order valence-electron chi connectivity index (χ4n) is 1.84. The number of ketones is 1. The van der Waals surface area contributed by atoms with E-state index in [0.717, 1.165) is 11.1 Å². The molecule has 4 heteroatoms. The maximum Gasteiger partial charge on any atom is 0.323 e. The Morgan fingerprint density at radius 3 is 2.57 bits per heavy atom. The van der Waals surface area contributed by atoms with Gasteiger partial charge < -0.3 is 9.97 Å². The second-order valence-corrected chi connectivity index (χ2v) is 3.41. The molecular weight excluding hydrogens is 180 g/mol. The van der Waals surface area contributed by atoms with Crippen molar-refractivity contribution < 1.29 is 4.79 Å². The van der Waals surface area contributed by atoms with Gasteiger partial charge in [-0.3, -0.25) is 4.79 Å². The molecule has 1 heterocycles. The van der Waals surface area contributed by atoms with Crippen molar-refractivity contribution in [2.24, 2.45) is 0 Å². The zero-order valence-corrected chi connectivity index (χ0v) is 7.26. The normalized spacial score (nSPS) is 15.0. The highest BCUT2D eigenvalue weighted by molar-refractivity contribution is 6.08. The molecule has 0 bridgehead atoms. The average Bonchev–Trinajstić information content (AvgIpc) is 2.66. The lowest BCUT2D eigenvalue weighted by Crippen LogP contribution is -1.99. The van der Waals surface area contributed by atoms with Gasteiger partial charge in [0, 0.05) is 12.0 Å². The molecule has 0 amide bonds. The highest BCUT2D eigenvalue weighted by Gasteiger charge is 2.20. The van der Waals surface area contributed by atoms with E-state index in [1.165, 1.54) is 0 Å². The summed E-state index contributed by atoms with van der Waals surface area (Å²) in [5.74, 6) is 0.0453. The fraction of sp³-hybridized carbons (Fsp3) is 0.100. The number of hydrogen-bond donors (Lipinski definition) is 2. The van der Waals surface area contributed by atoms with Crippen LogP contribution in [0.2, 0.25) is 0 Å². The average molecular weight is 187 g/mol. The summed E-state index contributed by atoms with van der Waals surface area (Å²) in [4.78, 5) is 27.7. The molecule has 0 unspecified atom stereocenters. The Kier molecular flexibility index (Phi) is 1.27. The molecule has 69 valence electrons. The van der Waals surface area contributed by atoms with E-state index in [4.69, 9.17) is 0 Å². The molecule has 0 saturated carbocycles. The van der Waals surface area contributed by atoms with E-state index in [-0.39, 0.29) is 11.5 Å². The molecular formula is C10H7N2O2. The number of nitrogens with one attached hydrogen (secondary N) is 2. The van der Waals surface area contributed by atoms with Crippen molar-refractivity contribution in [1.82, 2.24) is 9.97 Å². The van der Waals surface area contributed by atoms with Gasteiger partial charge in [-0.05, 0) is 24.1 Å². The molecule has 0 saturated heterocycles. The molecule has 0 aliphatic heterocycles. The van der Waals surface area contributed by atoms with Gasteiger partial charge in [-0.25, -0.2) is 4.79 Å². The Bertz CT molecular complexity index is 592. The summed E-state index contributed by atoms with van der Waals surface area (Å²) < 4.78 is 0. The molecule has 1 radical (unpaired) electrons. The highest BCUT2D eigenvalue weighted by atomic mass is 16.1. The molecule has 1 aromatic heterocycles. The number of hydrogen-bond acceptors (Lipinski definition) is 2. The molecule has 0 spiro atoms. The minimum absolute atomic E-state index is 0.0453. The second-order valence-electron chi connectivity index (χ2n) is 3.41. The van der Waals surface area contributed by atoms with Gasteiger partial charge in [0.1, 0.15) is 0 Å². The first kappa shape index (κ1) is 7.55. The van der Waals surface area contributed by atoms with Gasteiger partial charge in [0.05, 0.1) is 11.0 Å². The summed E-state index contributed by atoms with van der Waals surface area (Å²) in [6, 6.07) is 3.58. The molecule has 1 aliphatic carbocycles. The lowest BCUT2D eigenvalue weighted by Gasteiger charge is -1.96. The molecule has 3 rings (SSSR count). The minimum Gasteiger partial charge on any atom is -0.306 e. The Morgan fingerprint density at radius 2 is 1.79 bits per heavy atom. The van der Waals surface area contributed by atoms with Crippen LogP contribution in [0.25, 0.3) is 11.0 Å². The summed E-state index contributed by atoms with van der Waals surface area (Å²) in [5.41, 5.74) is 2.90. The zero-order chi connectivity index (χ0) is 9.71. The van der Waals surface area contributed by atoms with Gasteiger partial charge in [-0.2, -0.15) is 0 Å². The molecule has 2 N–H and O–H groups in total. The maximum absolute atomic E-state index is 11.4. The number of Topliss-reactive ketones (excluding diaryl/α,β-unsaturated/α-hetero) is 1. The smallest absolute Gasteiger partial charge is 0.306 e. The lowest BCUT2D eigenvalue weighted by atomic mass is 10.1. The molecule has 4 nitrogen and oxygen atoms in total. The van der Waals surface area contributed by atoms with Crippen LogP contribution in [0.4, 0.5) is 0 Å². The van der Waals surface area contributed by atoms with Crippen LogP contribution in [0.3, 0.4) is 0 Å². The van der Waals surface area contributed by atoms with Crippen LogP contribution in [-0.4, -0.2) is 15.8 Å². The van der Waals surface area contributed by atoms with Crippen molar-refractivity contribution in [3.05, 3.63) is 40.2 Å². The number of imidazole rings is 1. The number of rotatable bonds is 0. The van der Waals surface area contributed by atoms with Gasteiger partial charge in [0.2, 0.25) is 0 Å². The first-order chi connectivity index (χ1) is 6.74. The van der Waals surface area contributed by atoms with E-state index in [1.807, 2.05) is 6.07 Å². The van der Waals surface area contributed by atoms with Gasteiger partial charge in [-0.1, -0.05) is 0 Å². The Morgan fingerprint density at radius 1 is 1.07 bits per heavy atom. The van der Waals surface area contributed by atoms with Crippen molar-refractivity contribution in [3.63, 3.8) is 0 Å². The van der Waals surface area contributed by atoms with Crippen LogP contribution in [0.1, 0.15) is 15.9 Å². The third kappa shape index (κ3) is 0.878. The first-order valence-corrected chi connectivity index (χ1v) is 4.36. The topological polar surface area (TPSA) is 65.7 Å². The predicted octanol–water partition coefficient (Wildman–Crippen LogP) is 0.799. The van der Waals surface area contributed by atoms with E-state index >= 15 is 0 Å². The summed E-state index contributed by atoms with van der Waals surface area (Å²) in [6.45, 7) is 0. The number of H-pyrrole nitrogens is 2. The Balaban J connectivity index is 2.42. The third-order valence-electron chi connectivity index (χ3n) is 2.51. The fourth-order valence-corrected chi connectivity index (χ4v) is 1.84. The van der Waals surface area contributed by atoms with E-state index in [0.29, 0.717) is 17.5 Å². The van der Waals surface area contributed by atoms with E-state index in [1.54, 1.807) is 12.5 Å². The Hall–Kier alpha value is -1.84. The molecule has 1 aliphatic rings. The third-order valence-corrected chi connectivity index (χ3v) is 2.51. The van der Waals surface area contributed by atoms with Crippen LogP contribution >= 0.6 is 0 Å². The van der Waals surface area contributed by atoms with E-state index in [2.05, 4.69) is 9.97 Å². The quantitative estimate of drug-likeness (QED) is 0.640. The highest BCUT2D eigenvalue weighted by Crippen LogP contribution is 2.24. The molecule has 2 aromatic rings. The number of aromatic nitrogens is 2. The van der Waals surface area contributed by atoms with Gasteiger partial charge >= 0.3 is 5.69 Å². The zero-order valence-electron chi connectivity index (χ0n) is 7.26.